The van der Waals surface area contributed by atoms with Gasteiger partial charge in [0.1, 0.15) is 6.04 Å². The molecule has 1 unspecified atom stereocenters. The van der Waals surface area contributed by atoms with Crippen LogP contribution < -0.4 is 0 Å². The summed E-state index contributed by atoms with van der Waals surface area (Å²) in [6.45, 7) is 0.0437. The van der Waals surface area contributed by atoms with Crippen LogP contribution in [-0.4, -0.2) is 20.9 Å². The van der Waals surface area contributed by atoms with Crippen molar-refractivity contribution in [3.63, 3.8) is 0 Å². The van der Waals surface area contributed by atoms with Gasteiger partial charge in [0.05, 0.1) is 5.56 Å². The number of amides is 1. The zero-order chi connectivity index (χ0) is 20.6. The Hall–Kier alpha value is -2.68. The van der Waals surface area contributed by atoms with E-state index in [0.29, 0.717) is 17.8 Å². The third-order valence-corrected chi connectivity index (χ3v) is 5.24. The highest BCUT2D eigenvalue weighted by atomic mass is 79.9. The summed E-state index contributed by atoms with van der Waals surface area (Å²) in [5.41, 5.74) is 0.405. The van der Waals surface area contributed by atoms with E-state index in [9.17, 15) is 18.0 Å². The fourth-order valence-electron chi connectivity index (χ4n) is 3.35. The van der Waals surface area contributed by atoms with Crippen molar-refractivity contribution < 1.29 is 22.5 Å². The molecule has 5 nitrogen and oxygen atoms in total. The van der Waals surface area contributed by atoms with E-state index in [1.54, 1.807) is 6.07 Å². The van der Waals surface area contributed by atoms with E-state index in [1.807, 2.05) is 24.3 Å². The predicted molar refractivity (Wildman–Crippen MR) is 101 cm³/mol. The average molecular weight is 466 g/mol. The van der Waals surface area contributed by atoms with E-state index in [1.165, 1.54) is 11.0 Å². The molecule has 1 atom stereocenters. The molecular formula is C20H15BrF3N3O2. The summed E-state index contributed by atoms with van der Waals surface area (Å²) in [5, 5.41) is 3.99. The van der Waals surface area contributed by atoms with Gasteiger partial charge in [0.25, 0.3) is 0 Å². The molecular weight excluding hydrogens is 451 g/mol. The van der Waals surface area contributed by atoms with Gasteiger partial charge in [-0.3, -0.25) is 4.79 Å². The third kappa shape index (κ3) is 4.19. The van der Waals surface area contributed by atoms with Gasteiger partial charge >= 0.3 is 6.18 Å². The molecule has 2 heterocycles. The van der Waals surface area contributed by atoms with Crippen LogP contribution in [0.2, 0.25) is 0 Å². The minimum Gasteiger partial charge on any atom is -0.337 e. The van der Waals surface area contributed by atoms with E-state index in [4.69, 9.17) is 4.52 Å². The first kappa shape index (κ1) is 19.6. The topological polar surface area (TPSA) is 59.2 Å². The average Bonchev–Trinajstić information content (AvgIpc) is 3.29. The Morgan fingerprint density at radius 1 is 1.17 bits per heavy atom. The van der Waals surface area contributed by atoms with Crippen LogP contribution in [0.1, 0.15) is 35.9 Å². The molecule has 29 heavy (non-hydrogen) atoms. The number of aromatic nitrogens is 2. The molecule has 9 heteroatoms. The fraction of sp³-hybridized carbons (Fsp3) is 0.250. The highest BCUT2D eigenvalue weighted by Gasteiger charge is 2.36. The Balaban J connectivity index is 1.58. The van der Waals surface area contributed by atoms with E-state index >= 15 is 0 Å². The number of carbonyl (C=O) groups is 1. The number of likely N-dealkylation sites (tertiary alicyclic amines) is 1. The Morgan fingerprint density at radius 2 is 1.97 bits per heavy atom. The molecule has 0 aliphatic carbocycles. The van der Waals surface area contributed by atoms with E-state index < -0.39 is 17.8 Å². The highest BCUT2D eigenvalue weighted by Crippen LogP contribution is 2.35. The van der Waals surface area contributed by atoms with Crippen LogP contribution in [-0.2, 0) is 17.5 Å². The Labute approximate surface area is 172 Å². The highest BCUT2D eigenvalue weighted by molar-refractivity contribution is 9.10. The van der Waals surface area contributed by atoms with Crippen molar-refractivity contribution in [1.29, 1.82) is 0 Å². The van der Waals surface area contributed by atoms with Crippen LogP contribution in [0.3, 0.4) is 0 Å². The van der Waals surface area contributed by atoms with Gasteiger partial charge in [-0.05, 0) is 36.2 Å². The molecule has 3 aromatic rings. The summed E-state index contributed by atoms with van der Waals surface area (Å²) in [6, 6.07) is 11.9. The van der Waals surface area contributed by atoms with E-state index in [0.717, 1.165) is 22.2 Å². The smallest absolute Gasteiger partial charge is 0.337 e. The summed E-state index contributed by atoms with van der Waals surface area (Å²) in [6.07, 6.45) is -3.69. The van der Waals surface area contributed by atoms with Crippen molar-refractivity contribution in [2.45, 2.75) is 31.6 Å². The normalized spacial score (nSPS) is 17.2. The monoisotopic (exact) mass is 465 g/mol. The maximum Gasteiger partial charge on any atom is 0.416 e. The van der Waals surface area contributed by atoms with Gasteiger partial charge in [-0.15, -0.1) is 0 Å². The van der Waals surface area contributed by atoms with Crippen molar-refractivity contribution in [1.82, 2.24) is 15.0 Å². The Morgan fingerprint density at radius 3 is 2.72 bits per heavy atom. The molecule has 0 bridgehead atoms. The quantitative estimate of drug-likeness (QED) is 0.518. The molecule has 1 aromatic heterocycles. The SMILES string of the molecule is O=C1CCC(c2nc(-c3cccc(Br)c3)no2)N1Cc1cccc(C(F)(F)F)c1. The van der Waals surface area contributed by atoms with Gasteiger partial charge in [0.15, 0.2) is 0 Å². The molecule has 2 aromatic carbocycles. The van der Waals surface area contributed by atoms with Crippen LogP contribution in [0, 0.1) is 0 Å². The number of rotatable bonds is 4. The number of benzene rings is 2. The van der Waals surface area contributed by atoms with Crippen molar-refractivity contribution in [3.05, 3.63) is 70.0 Å². The number of hydrogen-bond donors (Lipinski definition) is 0. The molecule has 0 saturated carbocycles. The molecule has 0 N–H and O–H groups in total. The zero-order valence-electron chi connectivity index (χ0n) is 15.0. The maximum absolute atomic E-state index is 13.0. The van der Waals surface area contributed by atoms with Crippen molar-refractivity contribution >= 4 is 21.8 Å². The Bertz CT molecular complexity index is 1050. The number of alkyl halides is 3. The molecule has 4 rings (SSSR count). The second-order valence-corrected chi connectivity index (χ2v) is 7.66. The van der Waals surface area contributed by atoms with Crippen LogP contribution in [0.25, 0.3) is 11.4 Å². The van der Waals surface area contributed by atoms with Gasteiger partial charge in [0, 0.05) is 23.0 Å². The molecule has 1 aliphatic heterocycles. The largest absolute Gasteiger partial charge is 0.416 e. The first-order valence-corrected chi connectivity index (χ1v) is 9.66. The minimum atomic E-state index is -4.43. The Kier molecular flexibility index (Phi) is 5.16. The zero-order valence-corrected chi connectivity index (χ0v) is 16.6. The summed E-state index contributed by atoms with van der Waals surface area (Å²) >= 11 is 3.39. The maximum atomic E-state index is 13.0. The molecule has 1 saturated heterocycles. The van der Waals surface area contributed by atoms with Crippen molar-refractivity contribution in [2.24, 2.45) is 0 Å². The van der Waals surface area contributed by atoms with E-state index in [2.05, 4.69) is 26.1 Å². The van der Waals surface area contributed by atoms with Gasteiger partial charge in [-0.1, -0.05) is 45.4 Å². The van der Waals surface area contributed by atoms with Gasteiger partial charge in [0.2, 0.25) is 17.6 Å². The molecule has 1 aliphatic rings. The van der Waals surface area contributed by atoms with Crippen LogP contribution in [0.15, 0.2) is 57.5 Å². The summed E-state index contributed by atoms with van der Waals surface area (Å²) in [5.74, 6) is 0.507. The van der Waals surface area contributed by atoms with Crippen LogP contribution >= 0.6 is 15.9 Å². The number of nitrogens with zero attached hydrogens (tertiary/aromatic N) is 3. The lowest BCUT2D eigenvalue weighted by Gasteiger charge is -2.22. The number of hydrogen-bond acceptors (Lipinski definition) is 4. The number of halogens is 4. The first-order chi connectivity index (χ1) is 13.8. The standard InChI is InChI=1S/C20H15BrF3N3O2/c21-15-6-2-4-13(10-15)18-25-19(29-26-18)16-7-8-17(28)27(16)11-12-3-1-5-14(9-12)20(22,23)24/h1-6,9-10,16H,7-8,11H2. The second-order valence-electron chi connectivity index (χ2n) is 6.74. The van der Waals surface area contributed by atoms with E-state index in [-0.39, 0.29) is 24.8 Å². The lowest BCUT2D eigenvalue weighted by Crippen LogP contribution is -2.27. The fourth-order valence-corrected chi connectivity index (χ4v) is 3.75. The van der Waals surface area contributed by atoms with Crippen molar-refractivity contribution in [2.75, 3.05) is 0 Å². The second kappa shape index (κ2) is 7.62. The van der Waals surface area contributed by atoms with Gasteiger partial charge in [-0.25, -0.2) is 0 Å². The number of carbonyl (C=O) groups excluding carboxylic acids is 1. The van der Waals surface area contributed by atoms with Crippen LogP contribution in [0.4, 0.5) is 13.2 Å². The van der Waals surface area contributed by atoms with Crippen LogP contribution in [0.5, 0.6) is 0 Å². The third-order valence-electron chi connectivity index (χ3n) is 4.75. The lowest BCUT2D eigenvalue weighted by atomic mass is 10.1. The molecule has 1 fully saturated rings. The minimum absolute atomic E-state index is 0.0437. The summed E-state index contributed by atoms with van der Waals surface area (Å²) in [7, 11) is 0. The molecule has 150 valence electrons. The summed E-state index contributed by atoms with van der Waals surface area (Å²) in [4.78, 5) is 18.3. The van der Waals surface area contributed by atoms with Gasteiger partial charge in [-0.2, -0.15) is 18.2 Å². The molecule has 0 radical (unpaired) electrons. The molecule has 1 amide bonds. The first-order valence-electron chi connectivity index (χ1n) is 8.86. The predicted octanol–water partition coefficient (Wildman–Crippen LogP) is 5.38. The lowest BCUT2D eigenvalue weighted by molar-refractivity contribution is -0.137. The van der Waals surface area contributed by atoms with Crippen molar-refractivity contribution in [3.8, 4) is 11.4 Å². The molecule has 0 spiro atoms. The van der Waals surface area contributed by atoms with Gasteiger partial charge < -0.3 is 9.42 Å². The summed E-state index contributed by atoms with van der Waals surface area (Å²) < 4.78 is 45.2.